The van der Waals surface area contributed by atoms with Gasteiger partial charge in [-0.2, -0.15) is 0 Å². The summed E-state index contributed by atoms with van der Waals surface area (Å²) in [6.07, 6.45) is 6.32. The van der Waals surface area contributed by atoms with Crippen LogP contribution in [0.15, 0.2) is 22.7 Å². The first kappa shape index (κ1) is 15.4. The number of aliphatic hydroxyl groups excluding tert-OH is 1. The van der Waals surface area contributed by atoms with Crippen LogP contribution in [0.4, 0.5) is 0 Å². The van der Waals surface area contributed by atoms with E-state index >= 15 is 0 Å². The average molecular weight is 353 g/mol. The molecular formula is C18H25BrO2. The number of hydrogen-bond donors (Lipinski definition) is 1. The second kappa shape index (κ2) is 5.92. The Hall–Kier alpha value is -0.540. The van der Waals surface area contributed by atoms with Crippen LogP contribution in [0, 0.1) is 11.8 Å². The van der Waals surface area contributed by atoms with Crippen LogP contribution >= 0.6 is 15.9 Å². The molecule has 3 heteroatoms. The maximum absolute atomic E-state index is 10.6. The first-order valence-corrected chi connectivity index (χ1v) is 8.93. The second-order valence-electron chi connectivity index (χ2n) is 7.28. The summed E-state index contributed by atoms with van der Waals surface area (Å²) in [7, 11) is 0. The molecule has 1 spiro atoms. The van der Waals surface area contributed by atoms with E-state index in [1.165, 1.54) is 19.3 Å². The summed E-state index contributed by atoms with van der Waals surface area (Å²) in [6, 6.07) is 5.98. The predicted octanol–water partition coefficient (Wildman–Crippen LogP) is 5.24. The van der Waals surface area contributed by atoms with E-state index in [1.807, 2.05) is 18.2 Å². The SMILES string of the molecule is CC(C)CC1CCCC2(C1)C[C@H](O)c1cc(Br)ccc1O2. The van der Waals surface area contributed by atoms with Gasteiger partial charge in [-0.05, 0) is 55.7 Å². The number of hydrogen-bond acceptors (Lipinski definition) is 2. The zero-order valence-corrected chi connectivity index (χ0v) is 14.5. The third-order valence-electron chi connectivity index (χ3n) is 4.93. The number of rotatable bonds is 2. The topological polar surface area (TPSA) is 29.5 Å². The first-order valence-electron chi connectivity index (χ1n) is 8.14. The van der Waals surface area contributed by atoms with Gasteiger partial charge in [0.1, 0.15) is 11.4 Å². The van der Waals surface area contributed by atoms with Gasteiger partial charge in [0.25, 0.3) is 0 Å². The number of halogens is 1. The highest BCUT2D eigenvalue weighted by molar-refractivity contribution is 9.10. The second-order valence-corrected chi connectivity index (χ2v) is 8.19. The third kappa shape index (κ3) is 3.29. The molecule has 3 atom stereocenters. The summed E-state index contributed by atoms with van der Waals surface area (Å²) in [5.74, 6) is 2.35. The van der Waals surface area contributed by atoms with Crippen molar-refractivity contribution in [3.8, 4) is 5.75 Å². The van der Waals surface area contributed by atoms with Gasteiger partial charge in [-0.3, -0.25) is 0 Å². The molecule has 3 rings (SSSR count). The van der Waals surface area contributed by atoms with Crippen LogP contribution < -0.4 is 4.74 Å². The minimum atomic E-state index is -0.399. The molecule has 1 fully saturated rings. The zero-order valence-electron chi connectivity index (χ0n) is 12.9. The molecule has 0 saturated heterocycles. The van der Waals surface area contributed by atoms with Crippen LogP contribution in [0.5, 0.6) is 5.75 Å². The van der Waals surface area contributed by atoms with Crippen molar-refractivity contribution in [1.29, 1.82) is 0 Å². The van der Waals surface area contributed by atoms with E-state index in [0.717, 1.165) is 46.9 Å². The maximum atomic E-state index is 10.6. The quantitative estimate of drug-likeness (QED) is 0.788. The van der Waals surface area contributed by atoms with Crippen LogP contribution in [0.25, 0.3) is 0 Å². The lowest BCUT2D eigenvalue weighted by Crippen LogP contribution is -2.45. The molecule has 21 heavy (non-hydrogen) atoms. The third-order valence-corrected chi connectivity index (χ3v) is 5.43. The highest BCUT2D eigenvalue weighted by Gasteiger charge is 2.44. The molecule has 0 aromatic heterocycles. The molecule has 1 aliphatic heterocycles. The molecule has 1 N–H and O–H groups in total. The Balaban J connectivity index is 1.82. The standard InChI is InChI=1S/C18H25BrO2/c1-12(2)8-13-4-3-7-18(10-13)11-16(20)15-9-14(19)5-6-17(15)21-18/h5-6,9,12-13,16,20H,3-4,7-8,10-11H2,1-2H3/t13?,16-,18?/m0/s1. The van der Waals surface area contributed by atoms with Gasteiger partial charge in [0.05, 0.1) is 6.10 Å². The van der Waals surface area contributed by atoms with E-state index in [4.69, 9.17) is 4.74 Å². The highest BCUT2D eigenvalue weighted by Crippen LogP contribution is 2.48. The highest BCUT2D eigenvalue weighted by atomic mass is 79.9. The number of ether oxygens (including phenoxy) is 1. The Morgan fingerprint density at radius 3 is 2.95 bits per heavy atom. The van der Waals surface area contributed by atoms with Crippen molar-refractivity contribution in [2.75, 3.05) is 0 Å². The smallest absolute Gasteiger partial charge is 0.126 e. The van der Waals surface area contributed by atoms with Gasteiger partial charge in [-0.15, -0.1) is 0 Å². The summed E-state index contributed by atoms with van der Waals surface area (Å²) >= 11 is 3.48. The van der Waals surface area contributed by atoms with Gasteiger partial charge in [0.2, 0.25) is 0 Å². The van der Waals surface area contributed by atoms with Crippen molar-refractivity contribution in [2.24, 2.45) is 11.8 Å². The minimum Gasteiger partial charge on any atom is -0.487 e. The first-order chi connectivity index (χ1) is 9.97. The van der Waals surface area contributed by atoms with Gasteiger partial charge < -0.3 is 9.84 Å². The molecule has 116 valence electrons. The molecular weight excluding hydrogens is 328 g/mol. The minimum absolute atomic E-state index is 0.141. The average Bonchev–Trinajstić information content (AvgIpc) is 2.39. The van der Waals surface area contributed by atoms with Crippen molar-refractivity contribution < 1.29 is 9.84 Å². The van der Waals surface area contributed by atoms with Gasteiger partial charge in [0.15, 0.2) is 0 Å². The summed E-state index contributed by atoms with van der Waals surface area (Å²) in [5, 5.41) is 10.6. The molecule has 1 heterocycles. The van der Waals surface area contributed by atoms with E-state index in [2.05, 4.69) is 29.8 Å². The summed E-state index contributed by atoms with van der Waals surface area (Å²) in [5.41, 5.74) is 0.791. The molecule has 1 aromatic carbocycles. The monoisotopic (exact) mass is 352 g/mol. The van der Waals surface area contributed by atoms with Crippen molar-refractivity contribution >= 4 is 15.9 Å². The molecule has 2 aliphatic rings. The fourth-order valence-electron chi connectivity index (χ4n) is 4.20. The number of benzene rings is 1. The number of aliphatic hydroxyl groups is 1. The van der Waals surface area contributed by atoms with E-state index in [1.54, 1.807) is 0 Å². The number of fused-ring (bicyclic) bond motifs is 1. The fraction of sp³-hybridized carbons (Fsp3) is 0.667. The molecule has 0 bridgehead atoms. The molecule has 2 unspecified atom stereocenters. The Labute approximate surface area is 136 Å². The fourth-order valence-corrected chi connectivity index (χ4v) is 4.58. The van der Waals surface area contributed by atoms with E-state index < -0.39 is 6.10 Å². The van der Waals surface area contributed by atoms with Crippen molar-refractivity contribution in [2.45, 2.75) is 64.1 Å². The molecule has 0 amide bonds. The van der Waals surface area contributed by atoms with Crippen LogP contribution in [0.1, 0.15) is 64.0 Å². The Morgan fingerprint density at radius 2 is 2.19 bits per heavy atom. The van der Waals surface area contributed by atoms with Crippen molar-refractivity contribution in [1.82, 2.24) is 0 Å². The molecule has 1 aliphatic carbocycles. The van der Waals surface area contributed by atoms with E-state index in [9.17, 15) is 5.11 Å². The largest absolute Gasteiger partial charge is 0.487 e. The predicted molar refractivity (Wildman–Crippen MR) is 88.5 cm³/mol. The van der Waals surface area contributed by atoms with E-state index in [0.29, 0.717) is 0 Å². The summed E-state index contributed by atoms with van der Waals surface area (Å²) in [4.78, 5) is 0. The lowest BCUT2D eigenvalue weighted by molar-refractivity contribution is -0.0538. The van der Waals surface area contributed by atoms with Crippen LogP contribution in [-0.2, 0) is 0 Å². The Bertz CT molecular complexity index is 514. The molecule has 1 aromatic rings. The van der Waals surface area contributed by atoms with Crippen LogP contribution in [0.2, 0.25) is 0 Å². The summed E-state index contributed by atoms with van der Waals surface area (Å²) < 4.78 is 7.42. The van der Waals surface area contributed by atoms with Crippen molar-refractivity contribution in [3.05, 3.63) is 28.2 Å². The Morgan fingerprint density at radius 1 is 1.38 bits per heavy atom. The lowest BCUT2D eigenvalue weighted by atomic mass is 9.71. The maximum Gasteiger partial charge on any atom is 0.126 e. The summed E-state index contributed by atoms with van der Waals surface area (Å²) in [6.45, 7) is 4.59. The zero-order chi connectivity index (χ0) is 15.0. The van der Waals surface area contributed by atoms with Crippen molar-refractivity contribution in [3.63, 3.8) is 0 Å². The normalized spacial score (nSPS) is 32.0. The Kier molecular flexibility index (Phi) is 4.33. The molecule has 2 nitrogen and oxygen atoms in total. The van der Waals surface area contributed by atoms with Gasteiger partial charge in [0, 0.05) is 16.5 Å². The van der Waals surface area contributed by atoms with Crippen LogP contribution in [-0.4, -0.2) is 10.7 Å². The van der Waals surface area contributed by atoms with E-state index in [-0.39, 0.29) is 5.60 Å². The molecule has 0 radical (unpaired) electrons. The van der Waals surface area contributed by atoms with Gasteiger partial charge in [-0.1, -0.05) is 36.2 Å². The van der Waals surface area contributed by atoms with Gasteiger partial charge >= 0.3 is 0 Å². The van der Waals surface area contributed by atoms with Crippen LogP contribution in [0.3, 0.4) is 0 Å². The molecule has 1 saturated carbocycles. The lowest BCUT2D eigenvalue weighted by Gasteiger charge is -2.46. The van der Waals surface area contributed by atoms with Gasteiger partial charge in [-0.25, -0.2) is 0 Å².